The van der Waals surface area contributed by atoms with Crippen molar-refractivity contribution in [2.75, 3.05) is 13.4 Å². The van der Waals surface area contributed by atoms with E-state index in [1.807, 2.05) is 6.07 Å². The van der Waals surface area contributed by atoms with Gasteiger partial charge in [0.05, 0.1) is 11.6 Å². The Labute approximate surface area is 80.2 Å². The van der Waals surface area contributed by atoms with Crippen LogP contribution in [0.2, 0.25) is 5.02 Å². The monoisotopic (exact) mass is 198 g/mol. The van der Waals surface area contributed by atoms with E-state index in [0.717, 1.165) is 23.7 Å². The summed E-state index contributed by atoms with van der Waals surface area (Å²) >= 11 is 6.03. The zero-order chi connectivity index (χ0) is 8.84. The highest BCUT2D eigenvalue weighted by atomic mass is 35.5. The summed E-state index contributed by atoms with van der Waals surface area (Å²) in [5.41, 5.74) is 0.992. The number of epoxide rings is 1. The molecular formula is C9H7ClO3. The first-order valence-corrected chi connectivity index (χ1v) is 4.43. The fourth-order valence-electron chi connectivity index (χ4n) is 1.41. The summed E-state index contributed by atoms with van der Waals surface area (Å²) in [5, 5.41) is 0.687. The minimum atomic E-state index is 0.155. The van der Waals surface area contributed by atoms with Crippen molar-refractivity contribution >= 4 is 11.6 Å². The average Bonchev–Trinajstić information content (AvgIpc) is 2.85. The predicted octanol–water partition coefficient (Wildman–Crippen LogP) is 2.14. The number of hydrogen-bond acceptors (Lipinski definition) is 3. The maximum absolute atomic E-state index is 6.03. The minimum Gasteiger partial charge on any atom is -0.454 e. The second kappa shape index (κ2) is 2.53. The van der Waals surface area contributed by atoms with Crippen LogP contribution < -0.4 is 9.47 Å². The number of benzene rings is 1. The van der Waals surface area contributed by atoms with Crippen molar-refractivity contribution in [2.24, 2.45) is 0 Å². The smallest absolute Gasteiger partial charge is 0.231 e. The van der Waals surface area contributed by atoms with E-state index >= 15 is 0 Å². The molecule has 2 aliphatic heterocycles. The maximum atomic E-state index is 6.03. The molecule has 1 saturated heterocycles. The molecule has 68 valence electrons. The molecule has 1 atom stereocenters. The van der Waals surface area contributed by atoms with Crippen LogP contribution in [0.4, 0.5) is 0 Å². The molecular weight excluding hydrogens is 192 g/mol. The fraction of sp³-hybridized carbons (Fsp3) is 0.333. The highest BCUT2D eigenvalue weighted by Crippen LogP contribution is 2.42. The van der Waals surface area contributed by atoms with Crippen LogP contribution in [0, 0.1) is 0 Å². The Bertz CT molecular complexity index is 360. The minimum absolute atomic E-state index is 0.155. The van der Waals surface area contributed by atoms with Gasteiger partial charge < -0.3 is 14.2 Å². The number of rotatable bonds is 1. The average molecular weight is 199 g/mol. The lowest BCUT2D eigenvalue weighted by Gasteiger charge is -2.02. The summed E-state index contributed by atoms with van der Waals surface area (Å²) in [4.78, 5) is 0. The number of ether oxygens (including phenoxy) is 3. The zero-order valence-electron chi connectivity index (χ0n) is 6.75. The molecule has 0 saturated carbocycles. The van der Waals surface area contributed by atoms with E-state index in [0.29, 0.717) is 5.02 Å². The van der Waals surface area contributed by atoms with Crippen molar-refractivity contribution in [1.29, 1.82) is 0 Å². The Morgan fingerprint density at radius 1 is 1.23 bits per heavy atom. The molecule has 2 aliphatic rings. The van der Waals surface area contributed by atoms with Crippen LogP contribution in [0.5, 0.6) is 11.5 Å². The Hall–Kier alpha value is -0.930. The highest BCUT2D eigenvalue weighted by Gasteiger charge is 2.29. The molecule has 0 amide bonds. The van der Waals surface area contributed by atoms with Gasteiger partial charge in [-0.05, 0) is 6.07 Å². The highest BCUT2D eigenvalue weighted by molar-refractivity contribution is 6.31. The number of fused-ring (bicyclic) bond motifs is 1. The second-order valence-electron chi connectivity index (χ2n) is 3.05. The standard InChI is InChI=1S/C9H7ClO3/c10-6-2-8-7(12-4-13-8)1-5(6)9-3-11-9/h1-2,9H,3-4H2. The van der Waals surface area contributed by atoms with Gasteiger partial charge >= 0.3 is 0 Å². The van der Waals surface area contributed by atoms with Crippen LogP contribution in [-0.4, -0.2) is 13.4 Å². The van der Waals surface area contributed by atoms with Gasteiger partial charge in [-0.15, -0.1) is 0 Å². The van der Waals surface area contributed by atoms with Gasteiger partial charge in [0.15, 0.2) is 11.5 Å². The topological polar surface area (TPSA) is 31.0 Å². The zero-order valence-corrected chi connectivity index (χ0v) is 7.50. The molecule has 1 unspecified atom stereocenters. The van der Waals surface area contributed by atoms with Crippen molar-refractivity contribution in [1.82, 2.24) is 0 Å². The largest absolute Gasteiger partial charge is 0.454 e. The van der Waals surface area contributed by atoms with Gasteiger partial charge in [0.1, 0.15) is 6.10 Å². The van der Waals surface area contributed by atoms with Crippen molar-refractivity contribution in [3.05, 3.63) is 22.7 Å². The lowest BCUT2D eigenvalue weighted by Crippen LogP contribution is -1.92. The van der Waals surface area contributed by atoms with Crippen LogP contribution in [0.25, 0.3) is 0 Å². The third kappa shape index (κ3) is 1.16. The van der Waals surface area contributed by atoms with Crippen molar-refractivity contribution in [3.63, 3.8) is 0 Å². The van der Waals surface area contributed by atoms with E-state index < -0.39 is 0 Å². The van der Waals surface area contributed by atoms with E-state index in [2.05, 4.69) is 0 Å². The van der Waals surface area contributed by atoms with Crippen molar-refractivity contribution in [3.8, 4) is 11.5 Å². The first-order valence-electron chi connectivity index (χ1n) is 4.05. The Kier molecular flexibility index (Phi) is 1.45. The van der Waals surface area contributed by atoms with Gasteiger partial charge in [-0.2, -0.15) is 0 Å². The maximum Gasteiger partial charge on any atom is 0.231 e. The van der Waals surface area contributed by atoms with E-state index in [1.165, 1.54) is 0 Å². The number of hydrogen-bond donors (Lipinski definition) is 0. The first-order chi connectivity index (χ1) is 6.34. The second-order valence-corrected chi connectivity index (χ2v) is 3.46. The molecule has 4 heteroatoms. The Morgan fingerprint density at radius 2 is 1.92 bits per heavy atom. The van der Waals surface area contributed by atoms with Gasteiger partial charge in [0, 0.05) is 11.6 Å². The molecule has 0 radical (unpaired) electrons. The third-order valence-electron chi connectivity index (χ3n) is 2.17. The molecule has 3 nitrogen and oxygen atoms in total. The summed E-state index contributed by atoms with van der Waals surface area (Å²) in [6, 6.07) is 3.67. The van der Waals surface area contributed by atoms with Crippen LogP contribution >= 0.6 is 11.6 Å². The molecule has 1 aromatic carbocycles. The van der Waals surface area contributed by atoms with E-state index in [1.54, 1.807) is 6.07 Å². The molecule has 3 rings (SSSR count). The normalized spacial score (nSPS) is 23.3. The predicted molar refractivity (Wildman–Crippen MR) is 46.3 cm³/mol. The van der Waals surface area contributed by atoms with Gasteiger partial charge in [0.2, 0.25) is 6.79 Å². The molecule has 0 spiro atoms. The molecule has 0 bridgehead atoms. The van der Waals surface area contributed by atoms with Crippen LogP contribution in [0.3, 0.4) is 0 Å². The van der Waals surface area contributed by atoms with Gasteiger partial charge in [-0.25, -0.2) is 0 Å². The molecule has 1 fully saturated rings. The van der Waals surface area contributed by atoms with Gasteiger partial charge in [-0.3, -0.25) is 0 Å². The van der Waals surface area contributed by atoms with Gasteiger partial charge in [0.25, 0.3) is 0 Å². The Balaban J connectivity index is 2.10. The van der Waals surface area contributed by atoms with Crippen LogP contribution in [0.1, 0.15) is 11.7 Å². The van der Waals surface area contributed by atoms with Crippen molar-refractivity contribution < 1.29 is 14.2 Å². The molecule has 2 heterocycles. The number of halogens is 1. The molecule has 0 N–H and O–H groups in total. The molecule has 0 aliphatic carbocycles. The fourth-order valence-corrected chi connectivity index (χ4v) is 1.68. The van der Waals surface area contributed by atoms with Crippen LogP contribution in [-0.2, 0) is 4.74 Å². The summed E-state index contributed by atoms with van der Waals surface area (Å²) in [6.07, 6.45) is 0.155. The van der Waals surface area contributed by atoms with E-state index in [9.17, 15) is 0 Å². The summed E-state index contributed by atoms with van der Waals surface area (Å²) < 4.78 is 15.6. The Morgan fingerprint density at radius 3 is 2.62 bits per heavy atom. The summed E-state index contributed by atoms with van der Waals surface area (Å²) in [7, 11) is 0. The van der Waals surface area contributed by atoms with E-state index in [-0.39, 0.29) is 12.9 Å². The quantitative estimate of drug-likeness (QED) is 0.648. The van der Waals surface area contributed by atoms with Crippen molar-refractivity contribution in [2.45, 2.75) is 6.10 Å². The van der Waals surface area contributed by atoms with Crippen LogP contribution in [0.15, 0.2) is 12.1 Å². The molecule has 1 aromatic rings. The molecule has 13 heavy (non-hydrogen) atoms. The van der Waals surface area contributed by atoms with E-state index in [4.69, 9.17) is 25.8 Å². The SMILES string of the molecule is Clc1cc2c(cc1C1CO1)OCO2. The van der Waals surface area contributed by atoms with Gasteiger partial charge in [-0.1, -0.05) is 11.6 Å². The first kappa shape index (κ1) is 7.47. The summed E-state index contributed by atoms with van der Waals surface area (Å²) in [6.45, 7) is 1.03. The lowest BCUT2D eigenvalue weighted by molar-refractivity contribution is 0.174. The lowest BCUT2D eigenvalue weighted by atomic mass is 10.1. The molecule has 0 aromatic heterocycles. The summed E-state index contributed by atoms with van der Waals surface area (Å²) in [5.74, 6) is 1.48. The third-order valence-corrected chi connectivity index (χ3v) is 2.50.